The topological polar surface area (TPSA) is 29.3 Å². The normalized spacial score (nSPS) is 14.4. The van der Waals surface area contributed by atoms with Crippen molar-refractivity contribution in [1.82, 2.24) is 4.90 Å². The average molecular weight is 288 g/mol. The predicted molar refractivity (Wildman–Crippen MR) is 88.2 cm³/mol. The van der Waals surface area contributed by atoms with Gasteiger partial charge in [-0.1, -0.05) is 35.9 Å². The summed E-state index contributed by atoms with van der Waals surface area (Å²) < 4.78 is 0. The molecule has 108 valence electrons. The fourth-order valence-corrected chi connectivity index (χ4v) is 3.30. The van der Waals surface area contributed by atoms with E-state index in [9.17, 15) is 0 Å². The second-order valence-corrected chi connectivity index (χ2v) is 6.56. The Balaban J connectivity index is 2.05. The number of likely N-dealkylation sites (N-methyl/N-ethyl adjacent to an activating group) is 1. The van der Waals surface area contributed by atoms with Crippen LogP contribution in [0.5, 0.6) is 0 Å². The second kappa shape index (κ2) is 7.02. The fraction of sp³-hybridized carbons (Fsp3) is 0.412. The van der Waals surface area contributed by atoms with Gasteiger partial charge in [0.1, 0.15) is 0 Å². The highest BCUT2D eigenvalue weighted by Gasteiger charge is 2.20. The standard InChI is InChI=1S/C17H24N2S/c1-13-6-8-15(9-7-13)17(14(2)18)19(3)11-10-16-5-4-12-20-16/h4-9,12,14,17H,10-11,18H2,1-3H3. The maximum absolute atomic E-state index is 6.22. The van der Waals surface area contributed by atoms with Crippen LogP contribution >= 0.6 is 11.3 Å². The van der Waals surface area contributed by atoms with Crippen LogP contribution in [-0.4, -0.2) is 24.5 Å². The van der Waals surface area contributed by atoms with Crippen molar-refractivity contribution < 1.29 is 0 Å². The van der Waals surface area contributed by atoms with Crippen LogP contribution in [-0.2, 0) is 6.42 Å². The van der Waals surface area contributed by atoms with Gasteiger partial charge in [0.05, 0.1) is 0 Å². The van der Waals surface area contributed by atoms with Crippen molar-refractivity contribution in [3.63, 3.8) is 0 Å². The number of hydrogen-bond donors (Lipinski definition) is 1. The van der Waals surface area contributed by atoms with Gasteiger partial charge >= 0.3 is 0 Å². The summed E-state index contributed by atoms with van der Waals surface area (Å²) >= 11 is 1.82. The number of nitrogens with two attached hydrogens (primary N) is 1. The van der Waals surface area contributed by atoms with E-state index >= 15 is 0 Å². The van der Waals surface area contributed by atoms with Gasteiger partial charge in [-0.3, -0.25) is 4.90 Å². The predicted octanol–water partition coefficient (Wildman–Crippen LogP) is 3.62. The molecule has 1 aromatic carbocycles. The molecule has 2 rings (SSSR count). The largest absolute Gasteiger partial charge is 0.326 e. The lowest BCUT2D eigenvalue weighted by atomic mass is 9.98. The van der Waals surface area contributed by atoms with Gasteiger partial charge in [-0.2, -0.15) is 0 Å². The summed E-state index contributed by atoms with van der Waals surface area (Å²) in [7, 11) is 2.17. The van der Waals surface area contributed by atoms with Crippen LogP contribution in [0.3, 0.4) is 0 Å². The summed E-state index contributed by atoms with van der Waals surface area (Å²) in [6.07, 6.45) is 1.09. The third-order valence-corrected chi connectivity index (χ3v) is 4.62. The molecule has 2 aromatic rings. The quantitative estimate of drug-likeness (QED) is 0.879. The van der Waals surface area contributed by atoms with Crippen molar-refractivity contribution >= 4 is 11.3 Å². The SMILES string of the molecule is Cc1ccc(C(C(C)N)N(C)CCc2cccs2)cc1. The highest BCUT2D eigenvalue weighted by molar-refractivity contribution is 7.09. The molecule has 3 heteroatoms. The van der Waals surface area contributed by atoms with E-state index in [2.05, 4.69) is 67.6 Å². The van der Waals surface area contributed by atoms with Crippen molar-refractivity contribution in [3.05, 3.63) is 57.8 Å². The number of thiophene rings is 1. The number of rotatable bonds is 6. The zero-order valence-electron chi connectivity index (χ0n) is 12.5. The molecular weight excluding hydrogens is 264 g/mol. The van der Waals surface area contributed by atoms with E-state index in [4.69, 9.17) is 5.73 Å². The third-order valence-electron chi connectivity index (χ3n) is 3.68. The molecule has 0 saturated carbocycles. The summed E-state index contributed by atoms with van der Waals surface area (Å²) in [4.78, 5) is 3.80. The zero-order chi connectivity index (χ0) is 14.5. The molecule has 0 aliphatic carbocycles. The van der Waals surface area contributed by atoms with Crippen LogP contribution < -0.4 is 5.73 Å². The molecule has 0 amide bonds. The summed E-state index contributed by atoms with van der Waals surface area (Å²) in [5, 5.41) is 2.14. The van der Waals surface area contributed by atoms with Gasteiger partial charge in [0.15, 0.2) is 0 Å². The Kier molecular flexibility index (Phi) is 5.35. The first-order valence-electron chi connectivity index (χ1n) is 7.12. The van der Waals surface area contributed by atoms with Crippen molar-refractivity contribution in [3.8, 4) is 0 Å². The van der Waals surface area contributed by atoms with Crippen molar-refractivity contribution in [2.75, 3.05) is 13.6 Å². The van der Waals surface area contributed by atoms with Gasteiger partial charge < -0.3 is 5.73 Å². The van der Waals surface area contributed by atoms with Crippen LogP contribution in [0, 0.1) is 6.92 Å². The van der Waals surface area contributed by atoms with Crippen LogP contribution in [0.4, 0.5) is 0 Å². The van der Waals surface area contributed by atoms with Gasteiger partial charge in [0.25, 0.3) is 0 Å². The monoisotopic (exact) mass is 288 g/mol. The summed E-state index contributed by atoms with van der Waals surface area (Å²) in [6.45, 7) is 5.23. The zero-order valence-corrected chi connectivity index (χ0v) is 13.4. The fourth-order valence-electron chi connectivity index (χ4n) is 2.60. The molecule has 20 heavy (non-hydrogen) atoms. The van der Waals surface area contributed by atoms with E-state index in [-0.39, 0.29) is 12.1 Å². The van der Waals surface area contributed by atoms with E-state index in [1.165, 1.54) is 16.0 Å². The Bertz CT molecular complexity index is 502. The maximum Gasteiger partial charge on any atom is 0.0493 e. The minimum Gasteiger partial charge on any atom is -0.326 e. The molecule has 1 heterocycles. The molecule has 1 aromatic heterocycles. The van der Waals surface area contributed by atoms with Gasteiger partial charge in [0, 0.05) is 23.5 Å². The molecule has 2 N–H and O–H groups in total. The number of benzene rings is 1. The Hall–Kier alpha value is -1.16. The molecule has 0 saturated heterocycles. The van der Waals surface area contributed by atoms with Crippen LogP contribution in [0.25, 0.3) is 0 Å². The average Bonchev–Trinajstić information content (AvgIpc) is 2.92. The second-order valence-electron chi connectivity index (χ2n) is 5.52. The number of nitrogens with zero attached hydrogens (tertiary/aromatic N) is 1. The first-order chi connectivity index (χ1) is 9.58. The van der Waals surface area contributed by atoms with Crippen LogP contribution in [0.15, 0.2) is 41.8 Å². The number of aryl methyl sites for hydroxylation is 1. The van der Waals surface area contributed by atoms with E-state index in [1.807, 2.05) is 11.3 Å². The molecule has 2 unspecified atom stereocenters. The lowest BCUT2D eigenvalue weighted by Gasteiger charge is -2.31. The van der Waals surface area contributed by atoms with Crippen LogP contribution in [0.1, 0.15) is 29.0 Å². The highest BCUT2D eigenvalue weighted by atomic mass is 32.1. The van der Waals surface area contributed by atoms with Crippen LogP contribution in [0.2, 0.25) is 0 Å². The number of hydrogen-bond acceptors (Lipinski definition) is 3. The van der Waals surface area contributed by atoms with E-state index in [0.29, 0.717) is 0 Å². The van der Waals surface area contributed by atoms with E-state index in [0.717, 1.165) is 13.0 Å². The summed E-state index contributed by atoms with van der Waals surface area (Å²) in [5.41, 5.74) is 8.81. The maximum atomic E-state index is 6.22. The molecule has 0 bridgehead atoms. The Morgan fingerprint density at radius 2 is 1.90 bits per heavy atom. The highest BCUT2D eigenvalue weighted by Crippen LogP contribution is 2.23. The molecule has 0 radical (unpaired) electrons. The summed E-state index contributed by atoms with van der Waals surface area (Å²) in [5.74, 6) is 0. The molecule has 0 fully saturated rings. The Morgan fingerprint density at radius 3 is 2.45 bits per heavy atom. The molecular formula is C17H24N2S. The molecule has 2 nitrogen and oxygen atoms in total. The molecule has 0 aliphatic heterocycles. The minimum absolute atomic E-state index is 0.117. The lowest BCUT2D eigenvalue weighted by molar-refractivity contribution is 0.222. The van der Waals surface area contributed by atoms with Crippen molar-refractivity contribution in [1.29, 1.82) is 0 Å². The van der Waals surface area contributed by atoms with E-state index < -0.39 is 0 Å². The third kappa shape index (κ3) is 3.92. The molecule has 0 aliphatic rings. The van der Waals surface area contributed by atoms with Gasteiger partial charge in [-0.05, 0) is 44.3 Å². The van der Waals surface area contributed by atoms with Gasteiger partial charge in [-0.25, -0.2) is 0 Å². The van der Waals surface area contributed by atoms with Crippen molar-refractivity contribution in [2.45, 2.75) is 32.4 Å². The smallest absolute Gasteiger partial charge is 0.0493 e. The van der Waals surface area contributed by atoms with Crippen molar-refractivity contribution in [2.24, 2.45) is 5.73 Å². The Morgan fingerprint density at radius 1 is 1.20 bits per heavy atom. The molecule has 0 spiro atoms. The first kappa shape index (κ1) is 15.2. The van der Waals surface area contributed by atoms with E-state index in [1.54, 1.807) is 0 Å². The Labute approximate surface area is 126 Å². The minimum atomic E-state index is 0.117. The first-order valence-corrected chi connectivity index (χ1v) is 8.00. The lowest BCUT2D eigenvalue weighted by Crippen LogP contribution is -2.38. The van der Waals surface area contributed by atoms with Gasteiger partial charge in [0.2, 0.25) is 0 Å². The molecule has 2 atom stereocenters. The van der Waals surface area contributed by atoms with Gasteiger partial charge in [-0.15, -0.1) is 11.3 Å². The summed E-state index contributed by atoms with van der Waals surface area (Å²) in [6, 6.07) is 13.4.